The summed E-state index contributed by atoms with van der Waals surface area (Å²) < 4.78 is 4.79. The van der Waals surface area contributed by atoms with Gasteiger partial charge in [0.1, 0.15) is 6.04 Å². The van der Waals surface area contributed by atoms with E-state index in [1.165, 1.54) is 7.11 Å². The van der Waals surface area contributed by atoms with Crippen LogP contribution in [0.25, 0.3) is 0 Å². The minimum atomic E-state index is -0.867. The molecular weight excluding hydrogens is 360 g/mol. The van der Waals surface area contributed by atoms with Gasteiger partial charge in [-0.15, -0.1) is 0 Å². The Morgan fingerprint density at radius 3 is 2.16 bits per heavy atom. The fourth-order valence-corrected chi connectivity index (χ4v) is 2.90. The first-order valence-corrected chi connectivity index (χ1v) is 8.32. The Morgan fingerprint density at radius 1 is 1.08 bits per heavy atom. The monoisotopic (exact) mass is 375 g/mol. The zero-order chi connectivity index (χ0) is 18.4. The van der Waals surface area contributed by atoms with Crippen LogP contribution >= 0.6 is 23.2 Å². The number of esters is 1. The molecular formula is C18H16BCl2NO3. The highest BCUT2D eigenvalue weighted by Gasteiger charge is 2.24. The fraction of sp³-hybridized carbons (Fsp3) is 0.222. The Morgan fingerprint density at radius 2 is 1.64 bits per heavy atom. The number of amides is 1. The molecule has 0 spiro atoms. The number of rotatable bonds is 6. The van der Waals surface area contributed by atoms with Gasteiger partial charge < -0.3 is 10.1 Å². The van der Waals surface area contributed by atoms with E-state index in [4.69, 9.17) is 35.8 Å². The molecule has 0 aliphatic heterocycles. The van der Waals surface area contributed by atoms with Crippen LogP contribution in [0, 0.1) is 0 Å². The van der Waals surface area contributed by atoms with E-state index in [1.807, 2.05) is 24.3 Å². The summed E-state index contributed by atoms with van der Waals surface area (Å²) in [5.41, 5.74) is 1.96. The van der Waals surface area contributed by atoms with Crippen LogP contribution in [0.15, 0.2) is 42.5 Å². The number of benzene rings is 2. The quantitative estimate of drug-likeness (QED) is 0.623. The van der Waals surface area contributed by atoms with E-state index < -0.39 is 17.9 Å². The normalized spacial score (nSPS) is 11.6. The molecule has 0 saturated heterocycles. The first kappa shape index (κ1) is 19.4. The van der Waals surface area contributed by atoms with Crippen molar-refractivity contribution in [2.75, 3.05) is 7.11 Å². The van der Waals surface area contributed by atoms with Gasteiger partial charge in [-0.2, -0.15) is 0 Å². The largest absolute Gasteiger partial charge is 0.467 e. The molecule has 0 heterocycles. The van der Waals surface area contributed by atoms with Crippen molar-refractivity contribution in [3.05, 3.63) is 69.2 Å². The molecule has 4 nitrogen and oxygen atoms in total. The lowest BCUT2D eigenvalue weighted by atomic mass is 9.95. The number of hydrogen-bond donors (Lipinski definition) is 1. The molecule has 2 aromatic rings. The van der Waals surface area contributed by atoms with Crippen molar-refractivity contribution in [2.24, 2.45) is 0 Å². The number of nitrogens with one attached hydrogen (secondary N) is 1. The van der Waals surface area contributed by atoms with Crippen molar-refractivity contribution in [1.82, 2.24) is 5.32 Å². The smallest absolute Gasteiger partial charge is 0.328 e. The van der Waals surface area contributed by atoms with E-state index in [0.29, 0.717) is 6.32 Å². The van der Waals surface area contributed by atoms with E-state index in [0.717, 1.165) is 11.1 Å². The molecule has 0 bridgehead atoms. The van der Waals surface area contributed by atoms with Crippen LogP contribution in [0.2, 0.25) is 10.0 Å². The maximum Gasteiger partial charge on any atom is 0.328 e. The maximum absolute atomic E-state index is 12.5. The van der Waals surface area contributed by atoms with E-state index in [9.17, 15) is 9.59 Å². The van der Waals surface area contributed by atoms with E-state index in [-0.39, 0.29) is 22.0 Å². The molecule has 2 aromatic carbocycles. The van der Waals surface area contributed by atoms with Gasteiger partial charge in [-0.1, -0.05) is 65.4 Å². The second-order valence-electron chi connectivity index (χ2n) is 5.37. The van der Waals surface area contributed by atoms with Gasteiger partial charge in [-0.3, -0.25) is 4.79 Å². The molecule has 1 amide bonds. The van der Waals surface area contributed by atoms with Crippen LogP contribution in [0.1, 0.15) is 21.5 Å². The van der Waals surface area contributed by atoms with Crippen molar-refractivity contribution in [3.8, 4) is 0 Å². The molecule has 7 heteroatoms. The molecule has 0 aliphatic rings. The van der Waals surface area contributed by atoms with E-state index in [1.54, 1.807) is 18.2 Å². The first-order chi connectivity index (χ1) is 12.0. The third kappa shape index (κ3) is 5.00. The Bertz CT molecular complexity index is 745. The van der Waals surface area contributed by atoms with Crippen molar-refractivity contribution in [2.45, 2.75) is 18.8 Å². The number of halogens is 2. The molecule has 2 radical (unpaired) electrons. The highest BCUT2D eigenvalue weighted by atomic mass is 35.5. The Balaban J connectivity index is 2.19. The van der Waals surface area contributed by atoms with Gasteiger partial charge in [0.15, 0.2) is 0 Å². The summed E-state index contributed by atoms with van der Waals surface area (Å²) in [6, 6.07) is 11.3. The van der Waals surface area contributed by atoms with Gasteiger partial charge in [-0.05, 0) is 17.7 Å². The van der Waals surface area contributed by atoms with Crippen LogP contribution in [-0.4, -0.2) is 32.9 Å². The fourth-order valence-electron chi connectivity index (χ4n) is 2.33. The summed E-state index contributed by atoms with van der Waals surface area (Å²) in [5.74, 6) is -1.09. The number of methoxy groups -OCH3 is 1. The zero-order valence-electron chi connectivity index (χ0n) is 13.6. The van der Waals surface area contributed by atoms with Crippen molar-refractivity contribution in [3.63, 3.8) is 0 Å². The summed E-state index contributed by atoms with van der Waals surface area (Å²) in [6.45, 7) is 0. The first-order valence-electron chi connectivity index (χ1n) is 7.56. The second kappa shape index (κ2) is 8.93. The number of carbonyl (C=O) groups is 2. The van der Waals surface area contributed by atoms with E-state index in [2.05, 4.69) is 5.32 Å². The van der Waals surface area contributed by atoms with Gasteiger partial charge in [0, 0.05) is 6.42 Å². The second-order valence-corrected chi connectivity index (χ2v) is 6.19. The topological polar surface area (TPSA) is 55.4 Å². The third-order valence-electron chi connectivity index (χ3n) is 3.68. The number of carbonyl (C=O) groups excluding carboxylic acids is 2. The number of ether oxygens (including phenoxy) is 1. The predicted molar refractivity (Wildman–Crippen MR) is 99.3 cm³/mol. The van der Waals surface area contributed by atoms with Crippen molar-refractivity contribution < 1.29 is 14.3 Å². The molecule has 0 unspecified atom stereocenters. The average Bonchev–Trinajstić information content (AvgIpc) is 2.61. The summed E-state index contributed by atoms with van der Waals surface area (Å²) in [5, 5.41) is 3.05. The standard InChI is InChI=1S/C18H16BCl2NO3/c1-25-18(24)15(9-11-5-7-12(10-19)8-6-11)22-17(23)16-13(20)3-2-4-14(16)21/h2-8,15H,9-10H2,1H3,(H,22,23)/t15-/m0/s1. The van der Waals surface area contributed by atoms with Gasteiger partial charge >= 0.3 is 5.97 Å². The molecule has 0 fully saturated rings. The lowest BCUT2D eigenvalue weighted by Gasteiger charge is -2.17. The van der Waals surface area contributed by atoms with Gasteiger partial charge in [0.05, 0.1) is 30.6 Å². The molecule has 1 atom stereocenters. The average molecular weight is 376 g/mol. The molecule has 0 aromatic heterocycles. The van der Waals surface area contributed by atoms with Gasteiger partial charge in [0.2, 0.25) is 0 Å². The van der Waals surface area contributed by atoms with Crippen LogP contribution in [0.5, 0.6) is 0 Å². The van der Waals surface area contributed by atoms with Crippen LogP contribution < -0.4 is 5.32 Å². The predicted octanol–water partition coefficient (Wildman–Crippen LogP) is 3.18. The van der Waals surface area contributed by atoms with Gasteiger partial charge in [-0.25, -0.2) is 4.79 Å². The maximum atomic E-state index is 12.5. The van der Waals surface area contributed by atoms with E-state index >= 15 is 0 Å². The van der Waals surface area contributed by atoms with Crippen molar-refractivity contribution >= 4 is 42.9 Å². The molecule has 2 rings (SSSR count). The molecule has 0 aliphatic carbocycles. The Hall–Kier alpha value is -1.98. The molecule has 0 saturated carbocycles. The van der Waals surface area contributed by atoms with Crippen molar-refractivity contribution in [1.29, 1.82) is 0 Å². The highest BCUT2D eigenvalue weighted by molar-refractivity contribution is 6.39. The molecule has 25 heavy (non-hydrogen) atoms. The van der Waals surface area contributed by atoms with Crippen LogP contribution in [0.3, 0.4) is 0 Å². The highest BCUT2D eigenvalue weighted by Crippen LogP contribution is 2.24. The summed E-state index contributed by atoms with van der Waals surface area (Å²) in [7, 11) is 6.84. The molecule has 128 valence electrons. The minimum absolute atomic E-state index is 0.123. The lowest BCUT2D eigenvalue weighted by Crippen LogP contribution is -2.43. The van der Waals surface area contributed by atoms with Gasteiger partial charge in [0.25, 0.3) is 5.91 Å². The Labute approximate surface area is 157 Å². The van der Waals surface area contributed by atoms with Crippen LogP contribution in [0.4, 0.5) is 0 Å². The molecule has 1 N–H and O–H groups in total. The summed E-state index contributed by atoms with van der Waals surface area (Å²) in [4.78, 5) is 24.6. The lowest BCUT2D eigenvalue weighted by molar-refractivity contribution is -0.142. The third-order valence-corrected chi connectivity index (χ3v) is 4.31. The summed E-state index contributed by atoms with van der Waals surface area (Å²) in [6.07, 6.45) is 0.702. The minimum Gasteiger partial charge on any atom is -0.467 e. The Kier molecular flexibility index (Phi) is 6.91. The summed E-state index contributed by atoms with van der Waals surface area (Å²) >= 11 is 12.1. The van der Waals surface area contributed by atoms with Crippen LogP contribution in [-0.2, 0) is 22.3 Å². The zero-order valence-corrected chi connectivity index (χ0v) is 15.1. The SMILES string of the molecule is [B]Cc1ccc(C[C@H](NC(=O)c2c(Cl)cccc2Cl)C(=O)OC)cc1. The number of hydrogen-bond acceptors (Lipinski definition) is 3.